The summed E-state index contributed by atoms with van der Waals surface area (Å²) in [5, 5.41) is 21.3. The normalized spacial score (nSPS) is 15.4. The molecular weight excluding hydrogens is 314 g/mol. The minimum absolute atomic E-state index is 0.457. The van der Waals surface area contributed by atoms with Gasteiger partial charge in [-0.25, -0.2) is 4.79 Å². The number of rotatable bonds is 1. The Hall–Kier alpha value is -2.21. The van der Waals surface area contributed by atoms with Crippen LogP contribution in [0.4, 0.5) is 0 Å². The van der Waals surface area contributed by atoms with Crippen molar-refractivity contribution in [1.82, 2.24) is 4.57 Å². The van der Waals surface area contributed by atoms with Crippen molar-refractivity contribution in [3.63, 3.8) is 0 Å². The summed E-state index contributed by atoms with van der Waals surface area (Å²) in [7, 11) is 0. The molecule has 0 saturated carbocycles. The van der Waals surface area contributed by atoms with Crippen LogP contribution in [-0.2, 0) is 16.0 Å². The molecule has 1 aliphatic carbocycles. The molecule has 5 nitrogen and oxygen atoms in total. The van der Waals surface area contributed by atoms with E-state index in [9.17, 15) is 9.59 Å². The van der Waals surface area contributed by atoms with Crippen LogP contribution in [0.1, 0.15) is 32.0 Å². The number of carbonyl (C=O) groups is 2. The Balaban J connectivity index is 0.000000236. The van der Waals surface area contributed by atoms with E-state index in [1.54, 1.807) is 38.6 Å². The molecule has 2 heterocycles. The molecule has 0 aromatic carbocycles. The molecule has 0 atom stereocenters. The highest BCUT2D eigenvalue weighted by atomic mass is 32.2. The van der Waals surface area contributed by atoms with E-state index in [2.05, 4.69) is 0 Å². The minimum Gasteiger partial charge on any atom is -0.481 e. The lowest BCUT2D eigenvalue weighted by molar-refractivity contribution is -0.145. The fraction of sp³-hybridized carbons (Fsp3) is 0.294. The molecular formula is C17H19NO4S. The molecule has 0 amide bonds. The topological polar surface area (TPSA) is 79.5 Å². The second kappa shape index (κ2) is 6.50. The van der Waals surface area contributed by atoms with Crippen LogP contribution >= 0.6 is 11.8 Å². The van der Waals surface area contributed by atoms with Gasteiger partial charge >= 0.3 is 11.9 Å². The van der Waals surface area contributed by atoms with E-state index in [1.165, 1.54) is 0 Å². The average Bonchev–Trinajstić information content (AvgIpc) is 2.74. The third-order valence-electron chi connectivity index (χ3n) is 3.39. The number of carboxylic acids is 2. The Morgan fingerprint density at radius 1 is 1.26 bits per heavy atom. The summed E-state index contributed by atoms with van der Waals surface area (Å²) in [5.74, 6) is -1.59. The van der Waals surface area contributed by atoms with Crippen LogP contribution in [0.15, 0.2) is 34.7 Å². The smallest absolute Gasteiger partial charge is 0.331 e. The van der Waals surface area contributed by atoms with E-state index in [0.717, 1.165) is 16.8 Å². The number of aliphatic carboxylic acids is 2. The number of hydrogen-bond acceptors (Lipinski definition) is 3. The van der Waals surface area contributed by atoms with Crippen LogP contribution in [0.5, 0.6) is 0 Å². The van der Waals surface area contributed by atoms with Gasteiger partial charge < -0.3 is 14.8 Å². The Labute approximate surface area is 139 Å². The van der Waals surface area contributed by atoms with Crippen LogP contribution in [0.25, 0.3) is 11.8 Å². The van der Waals surface area contributed by atoms with Gasteiger partial charge in [0.2, 0.25) is 0 Å². The van der Waals surface area contributed by atoms with Gasteiger partial charge in [0.1, 0.15) is 0 Å². The van der Waals surface area contributed by atoms with Gasteiger partial charge in [-0.15, -0.1) is 11.8 Å². The lowest BCUT2D eigenvalue weighted by Gasteiger charge is -2.14. The highest BCUT2D eigenvalue weighted by Crippen LogP contribution is 2.34. The maximum Gasteiger partial charge on any atom is 0.331 e. The Morgan fingerprint density at radius 3 is 2.48 bits per heavy atom. The second-order valence-corrected chi connectivity index (χ2v) is 7.08. The number of aromatic nitrogens is 1. The zero-order valence-corrected chi connectivity index (χ0v) is 14.1. The molecule has 0 bridgehead atoms. The summed E-state index contributed by atoms with van der Waals surface area (Å²) in [6.45, 7) is 4.99. The van der Waals surface area contributed by atoms with Crippen LogP contribution in [-0.4, -0.2) is 26.7 Å². The number of carboxylic acid groups (broad SMARTS) is 2. The van der Waals surface area contributed by atoms with Crippen molar-refractivity contribution >= 4 is 35.5 Å². The summed E-state index contributed by atoms with van der Waals surface area (Å²) in [6, 6.07) is 1.99. The first-order chi connectivity index (χ1) is 10.7. The number of nitrogens with zero attached hydrogens (tertiary/aromatic N) is 1. The largest absolute Gasteiger partial charge is 0.481 e. The molecule has 0 saturated heterocycles. The fourth-order valence-electron chi connectivity index (χ4n) is 2.04. The van der Waals surface area contributed by atoms with Gasteiger partial charge in [-0.2, -0.15) is 0 Å². The zero-order chi connectivity index (χ0) is 17.2. The van der Waals surface area contributed by atoms with Gasteiger partial charge in [0.05, 0.1) is 11.1 Å². The molecule has 23 heavy (non-hydrogen) atoms. The highest BCUT2D eigenvalue weighted by molar-refractivity contribution is 8.05. The van der Waals surface area contributed by atoms with E-state index in [1.807, 2.05) is 33.8 Å². The van der Waals surface area contributed by atoms with Crippen molar-refractivity contribution in [2.75, 3.05) is 0 Å². The van der Waals surface area contributed by atoms with Crippen molar-refractivity contribution in [1.29, 1.82) is 0 Å². The number of hydrogen-bond donors (Lipinski definition) is 2. The molecule has 1 aliphatic heterocycles. The van der Waals surface area contributed by atoms with Crippen molar-refractivity contribution < 1.29 is 19.8 Å². The van der Waals surface area contributed by atoms with E-state index in [0.29, 0.717) is 12.0 Å². The number of allylic oxidation sites excluding steroid dienone is 2. The minimum atomic E-state index is -0.832. The van der Waals surface area contributed by atoms with E-state index < -0.39 is 17.4 Å². The molecule has 0 fully saturated rings. The highest BCUT2D eigenvalue weighted by Gasteiger charge is 2.22. The SMILES string of the molecule is CC(C)(C)C(=O)O.O=C(O)C1=CC2=CSC=Cn3ccc(c32)C1. The zero-order valence-electron chi connectivity index (χ0n) is 13.2. The van der Waals surface area contributed by atoms with Crippen LogP contribution < -0.4 is 0 Å². The fourth-order valence-corrected chi connectivity index (χ4v) is 2.65. The Kier molecular flexibility index (Phi) is 4.85. The van der Waals surface area contributed by atoms with Gasteiger partial charge in [-0.05, 0) is 49.3 Å². The second-order valence-electron chi connectivity index (χ2n) is 6.30. The predicted molar refractivity (Wildman–Crippen MR) is 91.8 cm³/mol. The van der Waals surface area contributed by atoms with Crippen molar-refractivity contribution in [3.05, 3.63) is 46.0 Å². The lowest BCUT2D eigenvalue weighted by atomic mass is 9.94. The molecule has 6 heteroatoms. The standard InChI is InChI=1S/C12H9NO2S.C5H10O2/c14-12(15)9-5-8-1-2-13-3-4-16-7-10(6-9)11(8)13;1-5(2,3)4(6)7/h1-4,6-7H,5H2,(H,14,15);1-3H3,(H,6,7). The van der Waals surface area contributed by atoms with E-state index in [4.69, 9.17) is 10.2 Å². The molecule has 0 spiro atoms. The molecule has 0 unspecified atom stereocenters. The average molecular weight is 333 g/mol. The lowest BCUT2D eigenvalue weighted by Crippen LogP contribution is -2.18. The summed E-state index contributed by atoms with van der Waals surface area (Å²) >= 11 is 1.57. The van der Waals surface area contributed by atoms with Gasteiger partial charge in [0.15, 0.2) is 0 Å². The maximum atomic E-state index is 11.0. The van der Waals surface area contributed by atoms with Gasteiger partial charge in [-0.1, -0.05) is 0 Å². The maximum absolute atomic E-state index is 11.0. The van der Waals surface area contributed by atoms with Crippen LogP contribution in [0, 0.1) is 5.41 Å². The van der Waals surface area contributed by atoms with E-state index >= 15 is 0 Å². The van der Waals surface area contributed by atoms with Gasteiger partial charge in [-0.3, -0.25) is 4.79 Å². The molecule has 1 aromatic rings. The summed E-state index contributed by atoms with van der Waals surface area (Å²) < 4.78 is 2.04. The molecule has 3 rings (SSSR count). The molecule has 1 aromatic heterocycles. The molecule has 122 valence electrons. The van der Waals surface area contributed by atoms with Gasteiger partial charge in [0, 0.05) is 30.0 Å². The summed E-state index contributed by atoms with van der Waals surface area (Å²) in [5.41, 5.74) is 3.06. The summed E-state index contributed by atoms with van der Waals surface area (Å²) in [6.07, 6.45) is 6.24. The van der Waals surface area contributed by atoms with Crippen molar-refractivity contribution in [2.45, 2.75) is 27.2 Å². The Bertz CT molecular complexity index is 732. The third kappa shape index (κ3) is 3.96. The molecule has 2 N–H and O–H groups in total. The molecule has 0 radical (unpaired) electrons. The predicted octanol–water partition coefficient (Wildman–Crippen LogP) is 3.69. The number of thioether (sulfide) groups is 1. The van der Waals surface area contributed by atoms with Crippen molar-refractivity contribution in [2.24, 2.45) is 5.41 Å². The first-order valence-electron chi connectivity index (χ1n) is 7.10. The van der Waals surface area contributed by atoms with Gasteiger partial charge in [0.25, 0.3) is 0 Å². The third-order valence-corrected chi connectivity index (χ3v) is 4.06. The van der Waals surface area contributed by atoms with Crippen LogP contribution in [0.3, 0.4) is 0 Å². The van der Waals surface area contributed by atoms with E-state index in [-0.39, 0.29) is 0 Å². The van der Waals surface area contributed by atoms with Crippen molar-refractivity contribution in [3.8, 4) is 0 Å². The monoisotopic (exact) mass is 333 g/mol. The summed E-state index contributed by atoms with van der Waals surface area (Å²) in [4.78, 5) is 21.0. The molecule has 2 aliphatic rings. The first kappa shape index (κ1) is 17.1. The quantitative estimate of drug-likeness (QED) is 0.819. The first-order valence-corrected chi connectivity index (χ1v) is 8.04. The Morgan fingerprint density at radius 2 is 1.91 bits per heavy atom. The van der Waals surface area contributed by atoms with Crippen LogP contribution in [0.2, 0.25) is 0 Å².